The Hall–Kier alpha value is -0.680. The maximum atomic E-state index is 4.30. The first-order valence-corrected chi connectivity index (χ1v) is 7.80. The van der Waals surface area contributed by atoms with Crippen molar-refractivity contribution in [2.75, 3.05) is 11.9 Å². The summed E-state index contributed by atoms with van der Waals surface area (Å²) < 4.78 is 4.09. The standard InChI is InChI=1S/C13H24N4S/c1-4-8-14-13-12(15-16-18-13)9-17-10(2)6-5-7-11(17)3/h10-11,14H,4-9H2,1-3H3/t10-,11+. The van der Waals surface area contributed by atoms with Crippen LogP contribution in [0.4, 0.5) is 5.00 Å². The van der Waals surface area contributed by atoms with E-state index in [9.17, 15) is 0 Å². The molecule has 0 aliphatic carbocycles. The second-order valence-corrected chi connectivity index (χ2v) is 6.03. The van der Waals surface area contributed by atoms with Gasteiger partial charge in [0.15, 0.2) is 0 Å². The van der Waals surface area contributed by atoms with Gasteiger partial charge in [-0.3, -0.25) is 4.90 Å². The summed E-state index contributed by atoms with van der Waals surface area (Å²) in [7, 11) is 0. The largest absolute Gasteiger partial charge is 0.374 e. The molecule has 0 saturated carbocycles. The highest BCUT2D eigenvalue weighted by Crippen LogP contribution is 2.27. The minimum absolute atomic E-state index is 0.662. The molecule has 0 amide bonds. The molecule has 2 rings (SSSR count). The monoisotopic (exact) mass is 268 g/mol. The summed E-state index contributed by atoms with van der Waals surface area (Å²) >= 11 is 1.48. The van der Waals surface area contributed by atoms with Crippen LogP contribution in [0.25, 0.3) is 0 Å². The van der Waals surface area contributed by atoms with Gasteiger partial charge in [0.05, 0.1) is 0 Å². The first-order chi connectivity index (χ1) is 8.72. The number of aromatic nitrogens is 2. The molecule has 2 atom stereocenters. The van der Waals surface area contributed by atoms with Crippen LogP contribution < -0.4 is 5.32 Å². The molecule has 0 spiro atoms. The van der Waals surface area contributed by atoms with Gasteiger partial charge in [0.1, 0.15) is 10.7 Å². The Bertz CT molecular complexity index is 356. The van der Waals surface area contributed by atoms with Gasteiger partial charge < -0.3 is 5.32 Å². The minimum atomic E-state index is 0.662. The second-order valence-electron chi connectivity index (χ2n) is 5.28. The third-order valence-electron chi connectivity index (χ3n) is 3.80. The predicted molar refractivity (Wildman–Crippen MR) is 77.0 cm³/mol. The average molecular weight is 268 g/mol. The molecule has 0 unspecified atom stereocenters. The van der Waals surface area contributed by atoms with E-state index < -0.39 is 0 Å². The molecule has 5 heteroatoms. The van der Waals surface area contributed by atoms with Gasteiger partial charge >= 0.3 is 0 Å². The lowest BCUT2D eigenvalue weighted by atomic mass is 9.97. The smallest absolute Gasteiger partial charge is 0.134 e. The summed E-state index contributed by atoms with van der Waals surface area (Å²) in [5.74, 6) is 0. The molecule has 1 aromatic heterocycles. The molecule has 18 heavy (non-hydrogen) atoms. The number of likely N-dealkylation sites (tertiary alicyclic amines) is 1. The van der Waals surface area contributed by atoms with Gasteiger partial charge in [-0.2, -0.15) is 0 Å². The quantitative estimate of drug-likeness (QED) is 0.891. The van der Waals surface area contributed by atoms with E-state index in [1.807, 2.05) is 0 Å². The Morgan fingerprint density at radius 2 is 2.06 bits per heavy atom. The molecule has 1 aliphatic rings. The molecule has 102 valence electrons. The average Bonchev–Trinajstić information content (AvgIpc) is 2.79. The maximum Gasteiger partial charge on any atom is 0.134 e. The summed E-state index contributed by atoms with van der Waals surface area (Å²) in [6.45, 7) is 8.77. The third-order valence-corrected chi connectivity index (χ3v) is 4.53. The molecule has 1 aromatic rings. The van der Waals surface area contributed by atoms with Gasteiger partial charge in [-0.05, 0) is 33.1 Å². The lowest BCUT2D eigenvalue weighted by Gasteiger charge is -2.38. The minimum Gasteiger partial charge on any atom is -0.374 e. The van der Waals surface area contributed by atoms with E-state index >= 15 is 0 Å². The van der Waals surface area contributed by atoms with Gasteiger partial charge in [0.25, 0.3) is 0 Å². The van der Waals surface area contributed by atoms with Crippen LogP contribution in [0, 0.1) is 0 Å². The number of hydrogen-bond donors (Lipinski definition) is 1. The fourth-order valence-electron chi connectivity index (χ4n) is 2.64. The lowest BCUT2D eigenvalue weighted by molar-refractivity contribution is 0.0940. The highest BCUT2D eigenvalue weighted by Gasteiger charge is 2.26. The normalized spacial score (nSPS) is 25.3. The SMILES string of the molecule is CCCNc1snnc1CN1[C@H](C)CCC[C@@H]1C. The summed E-state index contributed by atoms with van der Waals surface area (Å²) in [6, 6.07) is 1.32. The number of nitrogens with one attached hydrogen (secondary N) is 1. The van der Waals surface area contributed by atoms with Gasteiger partial charge in [-0.25, -0.2) is 0 Å². The van der Waals surface area contributed by atoms with Crippen molar-refractivity contribution >= 4 is 16.5 Å². The second kappa shape index (κ2) is 6.48. The first kappa shape index (κ1) is 13.7. The molecule has 1 aliphatic heterocycles. The molecular weight excluding hydrogens is 244 g/mol. The Balaban J connectivity index is 2.01. The van der Waals surface area contributed by atoms with Crippen LogP contribution >= 0.6 is 11.5 Å². The van der Waals surface area contributed by atoms with Crippen molar-refractivity contribution in [1.82, 2.24) is 14.5 Å². The van der Waals surface area contributed by atoms with Gasteiger partial charge in [0.2, 0.25) is 0 Å². The van der Waals surface area contributed by atoms with Crippen molar-refractivity contribution < 1.29 is 0 Å². The molecule has 0 bridgehead atoms. The van der Waals surface area contributed by atoms with Crippen molar-refractivity contribution in [1.29, 1.82) is 0 Å². The van der Waals surface area contributed by atoms with E-state index in [1.165, 1.54) is 30.8 Å². The van der Waals surface area contributed by atoms with E-state index in [0.717, 1.165) is 30.2 Å². The van der Waals surface area contributed by atoms with Crippen molar-refractivity contribution in [3.05, 3.63) is 5.69 Å². The van der Waals surface area contributed by atoms with Crippen LogP contribution in [0.15, 0.2) is 0 Å². The zero-order valence-corrected chi connectivity index (χ0v) is 12.5. The van der Waals surface area contributed by atoms with Crippen molar-refractivity contribution in [2.24, 2.45) is 0 Å². The van der Waals surface area contributed by atoms with Crippen molar-refractivity contribution in [2.45, 2.75) is 65.1 Å². The number of nitrogens with zero attached hydrogens (tertiary/aromatic N) is 3. The topological polar surface area (TPSA) is 41.1 Å². The van der Waals surface area contributed by atoms with Crippen LogP contribution in [0.3, 0.4) is 0 Å². The van der Waals surface area contributed by atoms with Crippen molar-refractivity contribution in [3.63, 3.8) is 0 Å². The van der Waals surface area contributed by atoms with Crippen LogP contribution in [-0.4, -0.2) is 33.1 Å². The Kier molecular flexibility index (Phi) is 4.95. The summed E-state index contributed by atoms with van der Waals surface area (Å²) in [5.41, 5.74) is 1.12. The Morgan fingerprint density at radius 3 is 2.72 bits per heavy atom. The number of hydrogen-bond acceptors (Lipinski definition) is 5. The molecule has 2 heterocycles. The zero-order valence-electron chi connectivity index (χ0n) is 11.6. The third kappa shape index (κ3) is 3.20. The maximum absolute atomic E-state index is 4.30. The molecule has 1 fully saturated rings. The zero-order chi connectivity index (χ0) is 13.0. The number of piperidine rings is 1. The van der Waals surface area contributed by atoms with E-state index in [-0.39, 0.29) is 0 Å². The van der Waals surface area contributed by atoms with E-state index in [0.29, 0.717) is 12.1 Å². The molecule has 1 N–H and O–H groups in total. The van der Waals surface area contributed by atoms with Crippen LogP contribution in [-0.2, 0) is 6.54 Å². The molecule has 1 saturated heterocycles. The van der Waals surface area contributed by atoms with E-state index in [4.69, 9.17) is 0 Å². The summed E-state index contributed by atoms with van der Waals surface area (Å²) in [4.78, 5) is 2.57. The van der Waals surface area contributed by atoms with E-state index in [1.54, 1.807) is 0 Å². The van der Waals surface area contributed by atoms with Crippen molar-refractivity contribution in [3.8, 4) is 0 Å². The summed E-state index contributed by atoms with van der Waals surface area (Å²) in [6.07, 6.45) is 5.10. The van der Waals surface area contributed by atoms with Gasteiger partial charge in [-0.15, -0.1) is 5.10 Å². The molecule has 0 aromatic carbocycles. The van der Waals surface area contributed by atoms with E-state index in [2.05, 4.69) is 40.6 Å². The van der Waals surface area contributed by atoms with Gasteiger partial charge in [-0.1, -0.05) is 17.8 Å². The first-order valence-electron chi connectivity index (χ1n) is 7.03. The molecule has 4 nitrogen and oxygen atoms in total. The highest BCUT2D eigenvalue weighted by molar-refractivity contribution is 7.10. The Morgan fingerprint density at radius 1 is 1.33 bits per heavy atom. The van der Waals surface area contributed by atoms with Crippen LogP contribution in [0.5, 0.6) is 0 Å². The predicted octanol–water partition coefficient (Wildman–Crippen LogP) is 3.12. The number of rotatable bonds is 5. The van der Waals surface area contributed by atoms with Crippen LogP contribution in [0.2, 0.25) is 0 Å². The van der Waals surface area contributed by atoms with Gasteiger partial charge in [0, 0.05) is 36.7 Å². The summed E-state index contributed by atoms with van der Waals surface area (Å²) in [5, 5.41) is 8.88. The molecular formula is C13H24N4S. The highest BCUT2D eigenvalue weighted by atomic mass is 32.1. The lowest BCUT2D eigenvalue weighted by Crippen LogP contribution is -2.43. The fourth-order valence-corrected chi connectivity index (χ4v) is 3.24. The fraction of sp³-hybridized carbons (Fsp3) is 0.846. The Labute approximate surface area is 114 Å². The molecule has 0 radical (unpaired) electrons. The van der Waals surface area contributed by atoms with Crippen LogP contribution in [0.1, 0.15) is 52.1 Å². The number of anilines is 1.